The monoisotopic (exact) mass is 453 g/mol. The number of ketones is 1. The highest BCUT2D eigenvalue weighted by Gasteiger charge is 2.21. The first-order valence-corrected chi connectivity index (χ1v) is 11.0. The van der Waals surface area contributed by atoms with Crippen LogP contribution >= 0.6 is 11.6 Å². The molecule has 31 heavy (non-hydrogen) atoms. The molecule has 2 aromatic carbocycles. The quantitative estimate of drug-likeness (QED) is 0.423. The molecule has 4 aromatic rings. The van der Waals surface area contributed by atoms with Gasteiger partial charge in [-0.05, 0) is 61.5 Å². The van der Waals surface area contributed by atoms with Gasteiger partial charge >= 0.3 is 0 Å². The summed E-state index contributed by atoms with van der Waals surface area (Å²) in [5.74, 6) is 0.0140. The lowest BCUT2D eigenvalue weighted by molar-refractivity contribution is 0.103. The molecule has 156 valence electrons. The van der Waals surface area contributed by atoms with Crippen LogP contribution in [-0.4, -0.2) is 24.2 Å². The van der Waals surface area contributed by atoms with Gasteiger partial charge in [0.1, 0.15) is 6.26 Å². The molecule has 0 bridgehead atoms. The average Bonchev–Trinajstić information content (AvgIpc) is 3.29. The third kappa shape index (κ3) is 4.50. The molecule has 0 aliphatic rings. The lowest BCUT2D eigenvalue weighted by atomic mass is 10.0. The first-order chi connectivity index (χ1) is 14.8. The van der Waals surface area contributed by atoms with Crippen molar-refractivity contribution in [1.29, 1.82) is 0 Å². The van der Waals surface area contributed by atoms with Crippen LogP contribution in [-0.2, 0) is 10.0 Å². The van der Waals surface area contributed by atoms with Gasteiger partial charge in [0, 0.05) is 33.6 Å². The number of aryl methyl sites for hydroxylation is 1. The minimum Gasteiger partial charge on any atom is -0.445 e. The summed E-state index contributed by atoms with van der Waals surface area (Å²) < 4.78 is 33.6. The molecule has 0 spiro atoms. The number of hydrogen-bond acceptors (Lipinski definition) is 6. The number of halogens is 1. The van der Waals surface area contributed by atoms with E-state index in [2.05, 4.69) is 14.7 Å². The predicted octanol–water partition coefficient (Wildman–Crippen LogP) is 4.73. The minimum absolute atomic E-state index is 0.0240. The number of pyridine rings is 1. The summed E-state index contributed by atoms with van der Waals surface area (Å²) in [6, 6.07) is 13.7. The molecule has 0 aliphatic carbocycles. The van der Waals surface area contributed by atoms with Crippen LogP contribution < -0.4 is 4.72 Å². The van der Waals surface area contributed by atoms with Crippen molar-refractivity contribution < 1.29 is 17.6 Å². The maximum absolute atomic E-state index is 13.0. The third-order valence-corrected chi connectivity index (χ3v) is 6.09. The molecule has 0 aliphatic heterocycles. The van der Waals surface area contributed by atoms with Gasteiger partial charge < -0.3 is 4.42 Å². The number of hydrogen-bond donors (Lipinski definition) is 1. The van der Waals surface area contributed by atoms with E-state index in [1.54, 1.807) is 31.2 Å². The minimum atomic E-state index is -3.97. The topological polar surface area (TPSA) is 102 Å². The summed E-state index contributed by atoms with van der Waals surface area (Å²) >= 11 is 6.08. The Morgan fingerprint density at radius 2 is 1.77 bits per heavy atom. The lowest BCUT2D eigenvalue weighted by Gasteiger charge is -2.13. The number of nitrogens with one attached hydrogen (secondary N) is 1. The van der Waals surface area contributed by atoms with E-state index in [-0.39, 0.29) is 21.9 Å². The van der Waals surface area contributed by atoms with Crippen molar-refractivity contribution in [2.24, 2.45) is 0 Å². The average molecular weight is 454 g/mol. The summed E-state index contributed by atoms with van der Waals surface area (Å²) in [4.78, 5) is 21.2. The molecular weight excluding hydrogens is 438 g/mol. The van der Waals surface area contributed by atoms with Crippen LogP contribution in [0.25, 0.3) is 11.5 Å². The van der Waals surface area contributed by atoms with E-state index < -0.39 is 10.0 Å². The van der Waals surface area contributed by atoms with E-state index in [9.17, 15) is 13.2 Å². The Morgan fingerprint density at radius 3 is 2.45 bits per heavy atom. The molecule has 2 heterocycles. The van der Waals surface area contributed by atoms with Gasteiger partial charge in [-0.15, -0.1) is 0 Å². The largest absolute Gasteiger partial charge is 0.445 e. The van der Waals surface area contributed by atoms with Gasteiger partial charge in [0.15, 0.2) is 5.78 Å². The van der Waals surface area contributed by atoms with Gasteiger partial charge in [-0.1, -0.05) is 11.6 Å². The van der Waals surface area contributed by atoms with E-state index in [1.165, 1.54) is 49.0 Å². The van der Waals surface area contributed by atoms with Crippen LogP contribution in [0, 0.1) is 6.92 Å². The number of sulfonamides is 1. The summed E-state index contributed by atoms with van der Waals surface area (Å²) in [6.07, 6.45) is 4.46. The number of anilines is 1. The SMILES string of the molecule is Cc1cc(C(=O)c2cc(Cl)ccc2NS(=O)(=O)c2ccc(-c3ncco3)cc2)ccn1. The van der Waals surface area contributed by atoms with Crippen LogP contribution in [0.15, 0.2) is 82.6 Å². The van der Waals surface area contributed by atoms with E-state index in [0.717, 1.165) is 0 Å². The molecule has 0 unspecified atom stereocenters. The summed E-state index contributed by atoms with van der Waals surface area (Å²) in [5.41, 5.74) is 1.95. The normalized spacial score (nSPS) is 11.3. The van der Waals surface area contributed by atoms with E-state index in [0.29, 0.717) is 27.7 Å². The molecule has 0 fully saturated rings. The second-order valence-corrected chi connectivity index (χ2v) is 8.79. The standard InChI is InChI=1S/C22H16ClN3O4S/c1-14-12-16(8-9-24-14)21(27)19-13-17(23)4-7-20(19)26-31(28,29)18-5-2-15(3-6-18)22-25-10-11-30-22/h2-13,26H,1H3. The molecule has 0 atom stereocenters. The second-order valence-electron chi connectivity index (χ2n) is 6.67. The van der Waals surface area contributed by atoms with Crippen molar-refractivity contribution in [2.45, 2.75) is 11.8 Å². The van der Waals surface area contributed by atoms with Crippen LogP contribution in [0.5, 0.6) is 0 Å². The zero-order valence-electron chi connectivity index (χ0n) is 16.2. The maximum Gasteiger partial charge on any atom is 0.261 e. The van der Waals surface area contributed by atoms with Gasteiger partial charge in [-0.3, -0.25) is 14.5 Å². The Hall–Kier alpha value is -3.49. The van der Waals surface area contributed by atoms with Crippen molar-refractivity contribution in [1.82, 2.24) is 9.97 Å². The highest BCUT2D eigenvalue weighted by molar-refractivity contribution is 7.92. The van der Waals surface area contributed by atoms with Crippen LogP contribution in [0.1, 0.15) is 21.6 Å². The smallest absolute Gasteiger partial charge is 0.261 e. The molecule has 1 N–H and O–H groups in total. The molecule has 2 aromatic heterocycles. The molecule has 9 heteroatoms. The van der Waals surface area contributed by atoms with Gasteiger partial charge in [0.2, 0.25) is 5.89 Å². The lowest BCUT2D eigenvalue weighted by Crippen LogP contribution is -2.16. The summed E-state index contributed by atoms with van der Waals surface area (Å²) in [6.45, 7) is 1.76. The number of carbonyl (C=O) groups is 1. The van der Waals surface area contributed by atoms with Crippen LogP contribution in [0.2, 0.25) is 5.02 Å². The highest BCUT2D eigenvalue weighted by Crippen LogP contribution is 2.27. The Labute approximate surface area is 183 Å². The van der Waals surface area contributed by atoms with Crippen molar-refractivity contribution in [2.75, 3.05) is 4.72 Å². The first kappa shape index (κ1) is 20.8. The van der Waals surface area contributed by atoms with Crippen molar-refractivity contribution in [3.05, 3.63) is 95.1 Å². The first-order valence-electron chi connectivity index (χ1n) is 9.13. The number of oxazole rings is 1. The fraction of sp³-hybridized carbons (Fsp3) is 0.0455. The molecule has 0 saturated carbocycles. The summed E-state index contributed by atoms with van der Waals surface area (Å²) in [5, 5.41) is 0.312. The maximum atomic E-state index is 13.0. The fourth-order valence-electron chi connectivity index (χ4n) is 2.98. The second kappa shape index (κ2) is 8.33. The fourth-order valence-corrected chi connectivity index (χ4v) is 4.23. The van der Waals surface area contributed by atoms with Gasteiger partial charge in [-0.2, -0.15) is 0 Å². The van der Waals surface area contributed by atoms with E-state index >= 15 is 0 Å². The van der Waals surface area contributed by atoms with Gasteiger partial charge in [0.25, 0.3) is 10.0 Å². The van der Waals surface area contributed by atoms with Crippen molar-refractivity contribution in [3.63, 3.8) is 0 Å². The number of rotatable bonds is 6. The predicted molar refractivity (Wildman–Crippen MR) is 117 cm³/mol. The van der Waals surface area contributed by atoms with E-state index in [4.69, 9.17) is 16.0 Å². The number of aromatic nitrogens is 2. The Bertz CT molecular complexity index is 1350. The Morgan fingerprint density at radius 1 is 1.00 bits per heavy atom. The molecule has 0 saturated heterocycles. The molecule has 0 amide bonds. The molecular formula is C22H16ClN3O4S. The molecule has 0 radical (unpaired) electrons. The van der Waals surface area contributed by atoms with Crippen LogP contribution in [0.3, 0.4) is 0 Å². The molecule has 4 rings (SSSR count). The highest BCUT2D eigenvalue weighted by atomic mass is 35.5. The third-order valence-electron chi connectivity index (χ3n) is 4.47. The number of carbonyl (C=O) groups excluding carboxylic acids is 1. The van der Waals surface area contributed by atoms with Crippen molar-refractivity contribution in [3.8, 4) is 11.5 Å². The van der Waals surface area contributed by atoms with E-state index in [1.807, 2.05) is 0 Å². The van der Waals surface area contributed by atoms with Crippen LogP contribution in [0.4, 0.5) is 5.69 Å². The molecule has 7 nitrogen and oxygen atoms in total. The van der Waals surface area contributed by atoms with Crippen molar-refractivity contribution >= 4 is 33.1 Å². The Balaban J connectivity index is 1.66. The number of nitrogens with zero attached hydrogens (tertiary/aromatic N) is 2. The zero-order chi connectivity index (χ0) is 22.0. The van der Waals surface area contributed by atoms with Gasteiger partial charge in [-0.25, -0.2) is 13.4 Å². The van der Waals surface area contributed by atoms with Gasteiger partial charge in [0.05, 0.1) is 16.8 Å². The Kier molecular flexibility index (Phi) is 5.58. The number of benzene rings is 2. The summed E-state index contributed by atoms with van der Waals surface area (Å²) in [7, 11) is -3.97. The zero-order valence-corrected chi connectivity index (χ0v) is 17.8.